The summed E-state index contributed by atoms with van der Waals surface area (Å²) in [7, 11) is 1.81. The van der Waals surface area contributed by atoms with Crippen molar-refractivity contribution in [3.63, 3.8) is 0 Å². The molecule has 4 rings (SSSR count). The van der Waals surface area contributed by atoms with Crippen molar-refractivity contribution in [1.82, 2.24) is 15.0 Å². The van der Waals surface area contributed by atoms with E-state index in [0.717, 1.165) is 52.3 Å². The summed E-state index contributed by atoms with van der Waals surface area (Å²) in [6.07, 6.45) is 1.75. The maximum absolute atomic E-state index is 12.8. The largest absolute Gasteiger partial charge is 0.416 e. The monoisotopic (exact) mass is 524 g/mol. The second-order valence-electron chi connectivity index (χ2n) is 7.54. The van der Waals surface area contributed by atoms with Crippen LogP contribution in [0, 0.1) is 6.92 Å². The molecule has 0 bridgehead atoms. The number of pyridine rings is 3. The van der Waals surface area contributed by atoms with Crippen molar-refractivity contribution in [1.29, 1.82) is 0 Å². The molecule has 3 aromatic heterocycles. The van der Waals surface area contributed by atoms with Crippen molar-refractivity contribution in [2.45, 2.75) is 20.0 Å². The molecule has 0 saturated carbocycles. The third kappa shape index (κ3) is 8.40. The number of halogens is 3. The van der Waals surface area contributed by atoms with E-state index in [4.69, 9.17) is 9.59 Å². The fourth-order valence-corrected chi connectivity index (χ4v) is 3.29. The van der Waals surface area contributed by atoms with Gasteiger partial charge in [0.1, 0.15) is 12.1 Å². The summed E-state index contributed by atoms with van der Waals surface area (Å²) in [4.78, 5) is 30.5. The van der Waals surface area contributed by atoms with Crippen LogP contribution in [0.5, 0.6) is 0 Å². The standard InChI is InChI=1S/C24H20F3N5.C2H4O.CH3NO/c1-15-21(16-7-9-29-22(11-16)17-8-10-30-23(12-17)28-2)13-20(14-31-15)32-19-5-3-18(4-6-19)24(25,26)27;1-2-3;2-1-3/h3-14,32H,1-2H3,(H,28,30);2H,1H3;1H,(H2,2,3). The maximum atomic E-state index is 12.8. The number of hydrogen-bond acceptors (Lipinski definition) is 7. The Morgan fingerprint density at radius 3 is 2.08 bits per heavy atom. The number of anilines is 3. The van der Waals surface area contributed by atoms with E-state index in [1.54, 1.807) is 25.6 Å². The van der Waals surface area contributed by atoms with Crippen molar-refractivity contribution >= 4 is 29.9 Å². The molecule has 11 heteroatoms. The highest BCUT2D eigenvalue weighted by Gasteiger charge is 2.29. The topological polar surface area (TPSA) is 123 Å². The van der Waals surface area contributed by atoms with Crippen LogP contribution in [0.1, 0.15) is 18.2 Å². The molecule has 0 unspecified atom stereocenters. The van der Waals surface area contributed by atoms with Gasteiger partial charge in [0.25, 0.3) is 0 Å². The molecule has 0 atom stereocenters. The van der Waals surface area contributed by atoms with Gasteiger partial charge in [-0.2, -0.15) is 13.2 Å². The Balaban J connectivity index is 0.000000773. The van der Waals surface area contributed by atoms with Gasteiger partial charge in [0.2, 0.25) is 6.41 Å². The lowest BCUT2D eigenvalue weighted by atomic mass is 10.0. The lowest BCUT2D eigenvalue weighted by Gasteiger charge is -2.12. The lowest BCUT2D eigenvalue weighted by Crippen LogP contribution is -2.04. The van der Waals surface area contributed by atoms with Gasteiger partial charge >= 0.3 is 6.18 Å². The summed E-state index contributed by atoms with van der Waals surface area (Å²) in [6.45, 7) is 3.35. The minimum absolute atomic E-state index is 0.250. The number of rotatable bonds is 5. The van der Waals surface area contributed by atoms with Crippen LogP contribution < -0.4 is 16.4 Å². The van der Waals surface area contributed by atoms with Crippen LogP contribution in [0.2, 0.25) is 0 Å². The number of benzene rings is 1. The molecule has 0 fully saturated rings. The quantitative estimate of drug-likeness (QED) is 0.289. The zero-order chi connectivity index (χ0) is 28.1. The van der Waals surface area contributed by atoms with E-state index in [0.29, 0.717) is 11.4 Å². The molecule has 1 amide bonds. The second kappa shape index (κ2) is 14.1. The van der Waals surface area contributed by atoms with Crippen LogP contribution in [-0.4, -0.2) is 34.7 Å². The van der Waals surface area contributed by atoms with Gasteiger partial charge in [-0.05, 0) is 74.0 Å². The van der Waals surface area contributed by atoms with E-state index in [1.165, 1.54) is 19.1 Å². The molecule has 0 saturated heterocycles. The first-order chi connectivity index (χ1) is 18.2. The zero-order valence-corrected chi connectivity index (χ0v) is 21.0. The first-order valence-electron chi connectivity index (χ1n) is 11.2. The predicted molar refractivity (Wildman–Crippen MR) is 142 cm³/mol. The minimum Gasteiger partial charge on any atom is -0.373 e. The number of aldehydes is 1. The Morgan fingerprint density at radius 1 is 0.868 bits per heavy atom. The van der Waals surface area contributed by atoms with Gasteiger partial charge in [-0.25, -0.2) is 4.98 Å². The van der Waals surface area contributed by atoms with Crippen molar-refractivity contribution in [2.75, 3.05) is 17.7 Å². The predicted octanol–water partition coefficient (Wildman–Crippen LogP) is 5.62. The summed E-state index contributed by atoms with van der Waals surface area (Å²) < 4.78 is 38.4. The molecular weight excluding hydrogens is 497 g/mol. The molecule has 3 heterocycles. The summed E-state index contributed by atoms with van der Waals surface area (Å²) in [5.41, 5.74) is 9.06. The normalized spacial score (nSPS) is 10.2. The van der Waals surface area contributed by atoms with Gasteiger partial charge in [0.15, 0.2) is 0 Å². The summed E-state index contributed by atoms with van der Waals surface area (Å²) in [5, 5.41) is 6.13. The summed E-state index contributed by atoms with van der Waals surface area (Å²) in [6, 6.07) is 14.5. The van der Waals surface area contributed by atoms with Crippen LogP contribution in [-0.2, 0) is 15.8 Å². The van der Waals surface area contributed by atoms with Crippen LogP contribution in [0.3, 0.4) is 0 Å². The Hall–Kier alpha value is -4.80. The van der Waals surface area contributed by atoms with Gasteiger partial charge in [0.05, 0.1) is 23.1 Å². The smallest absolute Gasteiger partial charge is 0.373 e. The number of aryl methyl sites for hydroxylation is 1. The fourth-order valence-electron chi connectivity index (χ4n) is 3.29. The molecular formula is C27H27F3N6O2. The molecule has 38 heavy (non-hydrogen) atoms. The molecule has 0 aliphatic carbocycles. The average molecular weight is 525 g/mol. The van der Waals surface area contributed by atoms with Crippen molar-refractivity contribution < 1.29 is 22.8 Å². The molecule has 198 valence electrons. The molecule has 0 aliphatic rings. The number of nitrogens with two attached hydrogens (primary N) is 1. The van der Waals surface area contributed by atoms with Gasteiger partial charge in [-0.15, -0.1) is 0 Å². The number of carbonyl (C=O) groups excluding carboxylic acids is 2. The van der Waals surface area contributed by atoms with E-state index in [1.807, 2.05) is 37.3 Å². The number of nitrogens with one attached hydrogen (secondary N) is 2. The summed E-state index contributed by atoms with van der Waals surface area (Å²) in [5.74, 6) is 0.746. The third-order valence-electron chi connectivity index (χ3n) is 4.97. The van der Waals surface area contributed by atoms with Crippen LogP contribution in [0.4, 0.5) is 30.4 Å². The molecule has 4 N–H and O–H groups in total. The Bertz CT molecular complexity index is 1340. The van der Waals surface area contributed by atoms with Crippen LogP contribution in [0.15, 0.2) is 73.2 Å². The van der Waals surface area contributed by atoms with Crippen molar-refractivity contribution in [3.8, 4) is 22.4 Å². The van der Waals surface area contributed by atoms with E-state index >= 15 is 0 Å². The SMILES string of the molecule is CC=O.CNc1cc(-c2cc(-c3cc(Nc4ccc(C(F)(F)F)cc4)cnc3C)ccn2)ccn1.NC=O. The third-order valence-corrected chi connectivity index (χ3v) is 4.97. The van der Waals surface area contributed by atoms with E-state index in [2.05, 4.69) is 31.3 Å². The first-order valence-corrected chi connectivity index (χ1v) is 11.2. The van der Waals surface area contributed by atoms with Crippen LogP contribution >= 0.6 is 0 Å². The van der Waals surface area contributed by atoms with E-state index < -0.39 is 11.7 Å². The number of amides is 1. The van der Waals surface area contributed by atoms with E-state index in [9.17, 15) is 13.2 Å². The van der Waals surface area contributed by atoms with Crippen LogP contribution in [0.25, 0.3) is 22.4 Å². The van der Waals surface area contributed by atoms with Gasteiger partial charge < -0.3 is 21.2 Å². The molecule has 0 aliphatic heterocycles. The zero-order valence-electron chi connectivity index (χ0n) is 21.0. The average Bonchev–Trinajstić information content (AvgIpc) is 2.90. The number of hydrogen-bond donors (Lipinski definition) is 3. The Labute approximate surface area is 218 Å². The van der Waals surface area contributed by atoms with Crippen molar-refractivity contribution in [3.05, 3.63) is 84.4 Å². The lowest BCUT2D eigenvalue weighted by molar-refractivity contribution is -0.137. The Kier molecular flexibility index (Phi) is 10.9. The number of nitrogens with zero attached hydrogens (tertiary/aromatic N) is 3. The number of aromatic nitrogens is 3. The second-order valence-corrected chi connectivity index (χ2v) is 7.54. The molecule has 0 spiro atoms. The molecule has 1 aromatic carbocycles. The van der Waals surface area contributed by atoms with Gasteiger partial charge in [-0.1, -0.05) is 0 Å². The van der Waals surface area contributed by atoms with Gasteiger partial charge in [0, 0.05) is 41.9 Å². The maximum Gasteiger partial charge on any atom is 0.416 e. The fraction of sp³-hybridized carbons (Fsp3) is 0.148. The van der Waals surface area contributed by atoms with Gasteiger partial charge in [-0.3, -0.25) is 14.8 Å². The highest BCUT2D eigenvalue weighted by atomic mass is 19.4. The first kappa shape index (κ1) is 29.4. The number of alkyl halides is 3. The highest BCUT2D eigenvalue weighted by molar-refractivity contribution is 5.75. The number of primary amides is 1. The van der Waals surface area contributed by atoms with E-state index in [-0.39, 0.29) is 6.41 Å². The molecule has 0 radical (unpaired) electrons. The highest BCUT2D eigenvalue weighted by Crippen LogP contribution is 2.32. The summed E-state index contributed by atoms with van der Waals surface area (Å²) >= 11 is 0. The number of carbonyl (C=O) groups is 2. The molecule has 4 aromatic rings. The molecule has 8 nitrogen and oxygen atoms in total. The minimum atomic E-state index is -4.36. The Morgan fingerprint density at radius 2 is 1.47 bits per heavy atom. The van der Waals surface area contributed by atoms with Crippen molar-refractivity contribution in [2.24, 2.45) is 5.73 Å².